The van der Waals surface area contributed by atoms with E-state index < -0.39 is 41.0 Å². The third-order valence-electron chi connectivity index (χ3n) is 8.20. The summed E-state index contributed by atoms with van der Waals surface area (Å²) in [6.07, 6.45) is 0.486. The van der Waals surface area contributed by atoms with E-state index in [2.05, 4.69) is 11.4 Å². The van der Waals surface area contributed by atoms with Crippen molar-refractivity contribution < 1.29 is 28.2 Å². The van der Waals surface area contributed by atoms with Crippen molar-refractivity contribution in [3.05, 3.63) is 93.0 Å². The van der Waals surface area contributed by atoms with Gasteiger partial charge in [-0.2, -0.15) is 5.26 Å². The molecule has 11 heteroatoms. The van der Waals surface area contributed by atoms with Gasteiger partial charge < -0.3 is 19.9 Å². The lowest BCUT2D eigenvalue weighted by Crippen LogP contribution is -2.45. The standard InChI is InChI=1S/C33H35Cl2F2N3O4/c1-32(2,3)15-28-33(17-38,22-11-10-20(34)14-24(22)36)29(21-7-6-8-23(35)30(21)37)26(40(28)4)16-44-18-39-25-12-9-19(31(41)42)13-27(25)43-5/h6-14,26,28-29,39H,15-16,18H2,1-5H3,(H,41,42). The number of anilines is 1. The third kappa shape index (κ3) is 6.50. The van der Waals surface area contributed by atoms with Gasteiger partial charge in [-0.1, -0.05) is 62.2 Å². The monoisotopic (exact) mass is 645 g/mol. The summed E-state index contributed by atoms with van der Waals surface area (Å²) in [6.45, 7) is 6.12. The number of nitrogens with one attached hydrogen (secondary N) is 1. The van der Waals surface area contributed by atoms with E-state index in [0.29, 0.717) is 17.9 Å². The average molecular weight is 647 g/mol. The second kappa shape index (κ2) is 13.3. The number of aromatic carboxylic acids is 1. The molecule has 0 amide bonds. The normalized spacial score (nSPS) is 22.0. The summed E-state index contributed by atoms with van der Waals surface area (Å²) in [6, 6.07) is 14.6. The van der Waals surface area contributed by atoms with Gasteiger partial charge in [0.05, 0.1) is 36.1 Å². The molecule has 3 aromatic rings. The van der Waals surface area contributed by atoms with Gasteiger partial charge in [-0.3, -0.25) is 4.90 Å². The average Bonchev–Trinajstić information content (AvgIpc) is 3.18. The number of halogens is 4. The molecule has 0 bridgehead atoms. The van der Waals surface area contributed by atoms with Crippen molar-refractivity contribution >= 4 is 34.9 Å². The molecule has 0 aliphatic carbocycles. The Kier molecular flexibility index (Phi) is 10.1. The zero-order valence-electron chi connectivity index (χ0n) is 25.1. The largest absolute Gasteiger partial charge is 0.495 e. The Hall–Kier alpha value is -3.42. The highest BCUT2D eigenvalue weighted by Crippen LogP contribution is 2.56. The fraction of sp³-hybridized carbons (Fsp3) is 0.394. The zero-order chi connectivity index (χ0) is 32.4. The first-order valence-corrected chi connectivity index (χ1v) is 14.8. The van der Waals surface area contributed by atoms with Gasteiger partial charge in [0.2, 0.25) is 0 Å². The molecule has 7 nitrogen and oxygen atoms in total. The maximum atomic E-state index is 15.9. The number of carbonyl (C=O) groups is 1. The van der Waals surface area contributed by atoms with Gasteiger partial charge in [0, 0.05) is 28.6 Å². The highest BCUT2D eigenvalue weighted by atomic mass is 35.5. The SMILES string of the molecule is COc1cc(C(=O)O)ccc1NCOCC1C(c2cccc(Cl)c2F)C(C#N)(c2ccc(Cl)cc2F)C(CC(C)(C)C)N1C. The van der Waals surface area contributed by atoms with E-state index in [4.69, 9.17) is 32.7 Å². The molecule has 0 spiro atoms. The summed E-state index contributed by atoms with van der Waals surface area (Å²) in [4.78, 5) is 13.3. The molecular formula is C33H35Cl2F2N3O4. The van der Waals surface area contributed by atoms with Crippen LogP contribution < -0.4 is 10.1 Å². The lowest BCUT2D eigenvalue weighted by atomic mass is 9.62. The molecule has 1 saturated heterocycles. The molecule has 0 radical (unpaired) electrons. The second-order valence-corrected chi connectivity index (χ2v) is 13.0. The first-order valence-electron chi connectivity index (χ1n) is 14.0. The number of likely N-dealkylation sites (tertiary alicyclic amines) is 1. The molecule has 4 rings (SSSR count). The Morgan fingerprint density at radius 2 is 1.89 bits per heavy atom. The molecule has 234 valence electrons. The van der Waals surface area contributed by atoms with Gasteiger partial charge in [-0.15, -0.1) is 0 Å². The van der Waals surface area contributed by atoms with Crippen LogP contribution in [0.25, 0.3) is 0 Å². The van der Waals surface area contributed by atoms with Crippen molar-refractivity contribution in [2.75, 3.05) is 32.8 Å². The second-order valence-electron chi connectivity index (χ2n) is 12.2. The summed E-state index contributed by atoms with van der Waals surface area (Å²) >= 11 is 12.4. The first-order chi connectivity index (χ1) is 20.7. The van der Waals surface area contributed by atoms with Gasteiger partial charge in [0.15, 0.2) is 0 Å². The fourth-order valence-corrected chi connectivity index (χ4v) is 6.61. The number of hydrogen-bond donors (Lipinski definition) is 2. The van der Waals surface area contributed by atoms with Crippen molar-refractivity contribution in [2.24, 2.45) is 5.41 Å². The molecule has 4 atom stereocenters. The minimum Gasteiger partial charge on any atom is -0.495 e. The molecule has 0 aromatic heterocycles. The number of nitrogens with zero attached hydrogens (tertiary/aromatic N) is 2. The number of methoxy groups -OCH3 is 1. The Labute approximate surface area is 266 Å². The smallest absolute Gasteiger partial charge is 0.335 e. The van der Waals surface area contributed by atoms with Crippen LogP contribution in [0.1, 0.15) is 54.6 Å². The Balaban J connectivity index is 1.77. The maximum Gasteiger partial charge on any atom is 0.335 e. The van der Waals surface area contributed by atoms with Crippen LogP contribution >= 0.6 is 23.2 Å². The zero-order valence-corrected chi connectivity index (χ0v) is 26.6. The van der Waals surface area contributed by atoms with Gasteiger partial charge in [-0.25, -0.2) is 13.6 Å². The van der Waals surface area contributed by atoms with Crippen LogP contribution in [0.5, 0.6) is 5.75 Å². The number of likely N-dealkylation sites (N-methyl/N-ethyl adjacent to an activating group) is 1. The lowest BCUT2D eigenvalue weighted by molar-refractivity contribution is 0.0696. The number of nitriles is 1. The fourth-order valence-electron chi connectivity index (χ4n) is 6.27. The summed E-state index contributed by atoms with van der Waals surface area (Å²) in [5.74, 6) is -2.98. The van der Waals surface area contributed by atoms with Gasteiger partial charge in [0.1, 0.15) is 29.5 Å². The van der Waals surface area contributed by atoms with Crippen molar-refractivity contribution in [3.63, 3.8) is 0 Å². The van der Waals surface area contributed by atoms with Gasteiger partial charge >= 0.3 is 5.97 Å². The molecule has 1 heterocycles. The van der Waals surface area contributed by atoms with Crippen molar-refractivity contribution in [1.82, 2.24) is 4.90 Å². The van der Waals surface area contributed by atoms with Crippen molar-refractivity contribution in [3.8, 4) is 11.8 Å². The summed E-state index contributed by atoms with van der Waals surface area (Å²) in [5, 5.41) is 23.5. The van der Waals surface area contributed by atoms with E-state index in [9.17, 15) is 15.2 Å². The summed E-state index contributed by atoms with van der Waals surface area (Å²) in [7, 11) is 3.27. The summed E-state index contributed by atoms with van der Waals surface area (Å²) in [5.41, 5.74) is -0.936. The molecule has 1 fully saturated rings. The highest BCUT2D eigenvalue weighted by molar-refractivity contribution is 6.31. The van der Waals surface area contributed by atoms with E-state index in [1.165, 1.54) is 43.5 Å². The molecule has 4 unspecified atom stereocenters. The van der Waals surface area contributed by atoms with Crippen LogP contribution in [-0.2, 0) is 10.2 Å². The molecule has 1 aliphatic heterocycles. The van der Waals surface area contributed by atoms with E-state index in [1.807, 2.05) is 32.7 Å². The van der Waals surface area contributed by atoms with Crippen LogP contribution in [0.2, 0.25) is 10.0 Å². The third-order valence-corrected chi connectivity index (χ3v) is 8.73. The van der Waals surface area contributed by atoms with Crippen LogP contribution in [0.4, 0.5) is 14.5 Å². The minimum absolute atomic E-state index is 0.0172. The predicted octanol–water partition coefficient (Wildman–Crippen LogP) is 7.73. The van der Waals surface area contributed by atoms with Crippen LogP contribution in [0, 0.1) is 28.4 Å². The van der Waals surface area contributed by atoms with Crippen molar-refractivity contribution in [1.29, 1.82) is 5.26 Å². The van der Waals surface area contributed by atoms with E-state index in [1.54, 1.807) is 18.2 Å². The Morgan fingerprint density at radius 3 is 2.50 bits per heavy atom. The van der Waals surface area contributed by atoms with Gasteiger partial charge in [0.25, 0.3) is 0 Å². The number of carboxylic acids is 1. The highest BCUT2D eigenvalue weighted by Gasteiger charge is 2.62. The number of rotatable bonds is 10. The summed E-state index contributed by atoms with van der Waals surface area (Å²) < 4.78 is 43.1. The number of ether oxygens (including phenoxy) is 2. The number of hydrogen-bond acceptors (Lipinski definition) is 6. The lowest BCUT2D eigenvalue weighted by Gasteiger charge is -2.38. The first kappa shape index (κ1) is 33.5. The van der Waals surface area contributed by atoms with Crippen LogP contribution in [0.3, 0.4) is 0 Å². The van der Waals surface area contributed by atoms with E-state index in [0.717, 1.165) is 0 Å². The minimum atomic E-state index is -1.54. The Morgan fingerprint density at radius 1 is 1.16 bits per heavy atom. The van der Waals surface area contributed by atoms with E-state index >= 15 is 8.78 Å². The molecular weight excluding hydrogens is 611 g/mol. The maximum absolute atomic E-state index is 15.9. The molecule has 0 saturated carbocycles. The van der Waals surface area contributed by atoms with Crippen molar-refractivity contribution in [2.45, 2.75) is 50.6 Å². The number of benzene rings is 3. The van der Waals surface area contributed by atoms with Crippen LogP contribution in [0.15, 0.2) is 54.6 Å². The molecule has 44 heavy (non-hydrogen) atoms. The quantitative estimate of drug-likeness (QED) is 0.172. The number of carboxylic acid groups (broad SMARTS) is 1. The Bertz CT molecular complexity index is 1580. The topological polar surface area (TPSA) is 94.8 Å². The molecule has 2 N–H and O–H groups in total. The van der Waals surface area contributed by atoms with Gasteiger partial charge in [-0.05, 0) is 60.8 Å². The van der Waals surface area contributed by atoms with E-state index in [-0.39, 0.29) is 45.5 Å². The van der Waals surface area contributed by atoms with Crippen LogP contribution in [-0.4, -0.2) is 55.6 Å². The molecule has 1 aliphatic rings. The molecule has 3 aromatic carbocycles. The predicted molar refractivity (Wildman–Crippen MR) is 167 cm³/mol.